The van der Waals surface area contributed by atoms with E-state index in [9.17, 15) is 0 Å². The van der Waals surface area contributed by atoms with Crippen LogP contribution < -0.4 is 15.7 Å². The molecule has 3 heterocycles. The first kappa shape index (κ1) is 44.4. The van der Waals surface area contributed by atoms with E-state index >= 15 is 0 Å². The van der Waals surface area contributed by atoms with Gasteiger partial charge in [0.05, 0.1) is 11.0 Å². The van der Waals surface area contributed by atoms with E-state index in [-0.39, 0.29) is 23.1 Å². The maximum absolute atomic E-state index is 2.85. The van der Waals surface area contributed by atoms with Crippen molar-refractivity contribution in [3.05, 3.63) is 197 Å². The molecule has 3 heteroatoms. The molecule has 11 aliphatic rings. The summed E-state index contributed by atoms with van der Waals surface area (Å²) in [7, 11) is 0. The van der Waals surface area contributed by atoms with E-state index in [1.165, 1.54) is 182 Å². The molecule has 1 aromatic heterocycles. The second kappa shape index (κ2) is 15.2. The van der Waals surface area contributed by atoms with Crippen molar-refractivity contribution in [1.82, 2.24) is 4.57 Å². The summed E-state index contributed by atoms with van der Waals surface area (Å²) < 4.78 is 2.80. The first-order valence-corrected chi connectivity index (χ1v) is 30.1. The van der Waals surface area contributed by atoms with Gasteiger partial charge in [-0.05, 0) is 250 Å². The first-order valence-electron chi connectivity index (χ1n) is 30.1. The fraction of sp³-hybridized carbons (Fsp3) is 0.351. The van der Waals surface area contributed by atoms with Gasteiger partial charge in [-0.2, -0.15) is 0 Å². The fourth-order valence-corrected chi connectivity index (χ4v) is 20.5. The van der Waals surface area contributed by atoms with Gasteiger partial charge in [0.1, 0.15) is 0 Å². The van der Waals surface area contributed by atoms with Gasteiger partial charge >= 0.3 is 6.85 Å². The van der Waals surface area contributed by atoms with Gasteiger partial charge in [0.25, 0.3) is 0 Å². The van der Waals surface area contributed by atoms with Crippen molar-refractivity contribution < 1.29 is 0 Å². The van der Waals surface area contributed by atoms with Gasteiger partial charge in [-0.3, -0.25) is 0 Å². The highest BCUT2D eigenvalue weighted by Crippen LogP contribution is 2.63. The molecule has 0 amide bonds. The summed E-state index contributed by atoms with van der Waals surface area (Å²) in [5.41, 5.74) is 26.8. The molecule has 2 aliphatic heterocycles. The predicted octanol–water partition coefficient (Wildman–Crippen LogP) is 17.3. The van der Waals surface area contributed by atoms with Crippen LogP contribution in [0.2, 0.25) is 0 Å². The van der Waals surface area contributed by atoms with E-state index in [0.29, 0.717) is 5.41 Å². The van der Waals surface area contributed by atoms with Crippen molar-refractivity contribution in [3.8, 4) is 39.1 Å². The quantitative estimate of drug-likeness (QED) is 0.156. The number of anilines is 2. The zero-order valence-electron chi connectivity index (χ0n) is 45.5. The summed E-state index contributed by atoms with van der Waals surface area (Å²) >= 11 is 0. The molecule has 378 valence electrons. The highest BCUT2D eigenvalue weighted by Gasteiger charge is 2.55. The number of aromatic nitrogens is 1. The molecular weight excluding hydrogens is 928 g/mol. The molecule has 0 radical (unpaired) electrons. The molecule has 8 aromatic carbocycles. The second-order valence-electron chi connectivity index (χ2n) is 28.1. The first-order chi connectivity index (χ1) is 37.5. The van der Waals surface area contributed by atoms with E-state index in [1.807, 2.05) is 0 Å². The Bertz CT molecular complexity index is 3930. The van der Waals surface area contributed by atoms with Crippen LogP contribution in [-0.4, -0.2) is 11.4 Å². The molecule has 0 saturated heterocycles. The number of nitrogens with zero attached hydrogens (tertiary/aromatic N) is 2. The average molecular weight is 997 g/mol. The van der Waals surface area contributed by atoms with Gasteiger partial charge in [0.2, 0.25) is 0 Å². The highest BCUT2D eigenvalue weighted by molar-refractivity contribution is 6.93. The monoisotopic (exact) mass is 997 g/mol. The Hall–Kier alpha value is -6.58. The van der Waals surface area contributed by atoms with Crippen molar-refractivity contribution in [3.63, 3.8) is 0 Å². The standard InChI is InChI=1S/C74H69BN2/c1-71(2)61-17-11-12-18-62(61)72(3,4)64-37-67-58(36-63(64)71)59-31-53(51-15-9-6-10-16-51)32-68-69(59)75(77(67)56-22-19-52(20-23-56)50-13-7-5-8-14-50)65-35-55(74-41-47-28-48(42-74)30-49(29-47)43-74)34-60-57-33-54(21-24-66(57)76(68)70(60)65)73-38-44-25-45(39-73)27-46(26-44)40-73/h5-24,31-37,44-49H,25-30,38-43H2,1-4H3. The lowest BCUT2D eigenvalue weighted by Gasteiger charge is -2.57. The Labute approximate surface area is 456 Å². The molecule has 0 spiro atoms. The van der Waals surface area contributed by atoms with E-state index in [0.717, 1.165) is 35.5 Å². The van der Waals surface area contributed by atoms with Crippen LogP contribution >= 0.6 is 0 Å². The van der Waals surface area contributed by atoms with E-state index in [2.05, 4.69) is 201 Å². The van der Waals surface area contributed by atoms with Gasteiger partial charge in [0.15, 0.2) is 0 Å². The number of hydrogen-bond acceptors (Lipinski definition) is 1. The van der Waals surface area contributed by atoms with E-state index < -0.39 is 0 Å². The largest absolute Gasteiger partial charge is 0.376 e. The molecule has 9 aliphatic carbocycles. The Morgan fingerprint density at radius 3 is 1.49 bits per heavy atom. The third-order valence-corrected chi connectivity index (χ3v) is 23.1. The molecule has 2 nitrogen and oxygen atoms in total. The Morgan fingerprint density at radius 2 is 0.909 bits per heavy atom. The lowest BCUT2D eigenvalue weighted by molar-refractivity contribution is -0.00526. The fourth-order valence-electron chi connectivity index (χ4n) is 20.5. The van der Waals surface area contributed by atoms with Crippen molar-refractivity contribution >= 4 is 51.0 Å². The SMILES string of the molecule is CC1(C)c2ccccc2C(C)(C)c2cc3c(cc21)-c1cc(-c2ccccc2)cc2c1B(c1cc(C45CC6CC(CC(C6)C4)C5)cc4c5cc(C67CC8CC(CC(C8)C6)C7)ccc5n-2c14)N3c1ccc(-c2ccccc2)cc1. The topological polar surface area (TPSA) is 8.17 Å². The van der Waals surface area contributed by atoms with Crippen LogP contribution in [0.1, 0.15) is 138 Å². The lowest BCUT2D eigenvalue weighted by Crippen LogP contribution is -2.61. The van der Waals surface area contributed by atoms with Crippen molar-refractivity contribution in [2.24, 2.45) is 35.5 Å². The van der Waals surface area contributed by atoms with Gasteiger partial charge < -0.3 is 9.38 Å². The maximum Gasteiger partial charge on any atom is 0.333 e. The third-order valence-electron chi connectivity index (χ3n) is 23.1. The van der Waals surface area contributed by atoms with Gasteiger partial charge in [-0.15, -0.1) is 0 Å². The molecule has 77 heavy (non-hydrogen) atoms. The third kappa shape index (κ3) is 6.00. The van der Waals surface area contributed by atoms with Gasteiger partial charge in [0, 0.05) is 44.2 Å². The summed E-state index contributed by atoms with van der Waals surface area (Å²) in [6.07, 6.45) is 17.0. The number of rotatable bonds is 5. The van der Waals surface area contributed by atoms with Crippen LogP contribution in [0.15, 0.2) is 164 Å². The molecule has 8 bridgehead atoms. The summed E-state index contributed by atoms with van der Waals surface area (Å²) in [6, 6.07) is 65.6. The molecule has 20 rings (SSSR count). The van der Waals surface area contributed by atoms with Gasteiger partial charge in [-0.1, -0.05) is 137 Å². The normalized spacial score (nSPS) is 28.7. The summed E-state index contributed by atoms with van der Waals surface area (Å²) in [4.78, 5) is 2.85. The van der Waals surface area contributed by atoms with Crippen LogP contribution in [0.3, 0.4) is 0 Å². The van der Waals surface area contributed by atoms with Gasteiger partial charge in [-0.25, -0.2) is 0 Å². The second-order valence-corrected chi connectivity index (χ2v) is 28.1. The molecule has 8 fully saturated rings. The van der Waals surface area contributed by atoms with E-state index in [1.54, 1.807) is 11.1 Å². The minimum atomic E-state index is -0.199. The number of fused-ring (bicyclic) bond motifs is 9. The van der Waals surface area contributed by atoms with Crippen LogP contribution in [0, 0.1) is 35.5 Å². The van der Waals surface area contributed by atoms with Crippen LogP contribution in [0.25, 0.3) is 60.9 Å². The van der Waals surface area contributed by atoms with Crippen molar-refractivity contribution in [2.45, 2.75) is 126 Å². The number of benzene rings is 8. The smallest absolute Gasteiger partial charge is 0.333 e. The minimum Gasteiger partial charge on any atom is -0.376 e. The molecule has 0 atom stereocenters. The highest BCUT2D eigenvalue weighted by atomic mass is 15.1. The summed E-state index contributed by atoms with van der Waals surface area (Å²) in [5, 5.41) is 2.99. The zero-order chi connectivity index (χ0) is 50.9. The molecule has 9 aromatic rings. The Kier molecular flexibility index (Phi) is 8.74. The Balaban J connectivity index is 0.962. The van der Waals surface area contributed by atoms with Crippen LogP contribution in [-0.2, 0) is 21.7 Å². The summed E-state index contributed by atoms with van der Waals surface area (Å²) in [6.45, 7) is 9.90. The summed E-state index contributed by atoms with van der Waals surface area (Å²) in [5.74, 6) is 5.32. The molecule has 0 unspecified atom stereocenters. The number of hydrogen-bond donors (Lipinski definition) is 0. The lowest BCUT2D eigenvalue weighted by atomic mass is 9.42. The van der Waals surface area contributed by atoms with Crippen LogP contribution in [0.4, 0.5) is 11.4 Å². The maximum atomic E-state index is 2.85. The Morgan fingerprint density at radius 1 is 0.403 bits per heavy atom. The van der Waals surface area contributed by atoms with Crippen LogP contribution in [0.5, 0.6) is 0 Å². The molecule has 0 N–H and O–H groups in total. The van der Waals surface area contributed by atoms with E-state index in [4.69, 9.17) is 0 Å². The predicted molar refractivity (Wildman–Crippen MR) is 321 cm³/mol. The minimum absolute atomic E-state index is 0.0410. The van der Waals surface area contributed by atoms with Crippen molar-refractivity contribution in [1.29, 1.82) is 0 Å². The molecular formula is C74H69BN2. The molecule has 8 saturated carbocycles. The zero-order valence-corrected chi connectivity index (χ0v) is 45.5. The average Bonchev–Trinajstić information content (AvgIpc) is 3.96. The van der Waals surface area contributed by atoms with Crippen molar-refractivity contribution in [2.75, 3.05) is 4.81 Å².